The zero-order valence-electron chi connectivity index (χ0n) is 16.5. The van der Waals surface area contributed by atoms with E-state index in [0.717, 1.165) is 27.7 Å². The van der Waals surface area contributed by atoms with Crippen LogP contribution in [0.2, 0.25) is 5.02 Å². The van der Waals surface area contributed by atoms with Crippen molar-refractivity contribution >= 4 is 17.5 Å². The molecule has 0 radical (unpaired) electrons. The molecule has 0 aliphatic heterocycles. The van der Waals surface area contributed by atoms with Gasteiger partial charge in [-0.2, -0.15) is 9.78 Å². The fourth-order valence-electron chi connectivity index (χ4n) is 3.16. The van der Waals surface area contributed by atoms with Gasteiger partial charge in [-0.3, -0.25) is 14.2 Å². The summed E-state index contributed by atoms with van der Waals surface area (Å²) in [6.45, 7) is 2.32. The zero-order chi connectivity index (χ0) is 21.3. The maximum atomic E-state index is 13.2. The monoisotopic (exact) mass is 424 g/mol. The van der Waals surface area contributed by atoms with Crippen molar-refractivity contribution in [2.24, 2.45) is 5.92 Å². The molecule has 2 aromatic carbocycles. The molecule has 1 aromatic heterocycles. The number of carbonyl (C=O) groups is 1. The molecule has 8 heteroatoms. The van der Waals surface area contributed by atoms with Crippen molar-refractivity contribution < 1.29 is 4.79 Å². The van der Waals surface area contributed by atoms with Crippen LogP contribution in [-0.4, -0.2) is 26.8 Å². The van der Waals surface area contributed by atoms with Crippen molar-refractivity contribution in [1.82, 2.24) is 19.7 Å². The Kier molecular flexibility index (Phi) is 5.55. The summed E-state index contributed by atoms with van der Waals surface area (Å²) in [7, 11) is 0. The molecular weight excluding hydrogens is 404 g/mol. The lowest BCUT2D eigenvalue weighted by Gasteiger charge is -2.13. The number of nitrogens with zero attached hydrogens (tertiary/aromatic N) is 3. The molecule has 0 spiro atoms. The van der Waals surface area contributed by atoms with Gasteiger partial charge < -0.3 is 5.32 Å². The lowest BCUT2D eigenvalue weighted by Crippen LogP contribution is -2.46. The van der Waals surface area contributed by atoms with Gasteiger partial charge in [-0.05, 0) is 55.0 Å². The van der Waals surface area contributed by atoms with E-state index in [4.69, 9.17) is 11.6 Å². The summed E-state index contributed by atoms with van der Waals surface area (Å²) in [4.78, 5) is 38.9. The van der Waals surface area contributed by atoms with Crippen LogP contribution in [0.5, 0.6) is 0 Å². The summed E-state index contributed by atoms with van der Waals surface area (Å²) in [5, 5.41) is 7.32. The van der Waals surface area contributed by atoms with Crippen molar-refractivity contribution in [3.8, 4) is 5.69 Å². The highest BCUT2D eigenvalue weighted by molar-refractivity contribution is 6.31. The Hall–Kier alpha value is -3.19. The summed E-state index contributed by atoms with van der Waals surface area (Å²) in [6, 6.07) is 14.1. The normalized spacial score (nSPS) is 13.3. The van der Waals surface area contributed by atoms with Gasteiger partial charge in [-0.25, -0.2) is 4.79 Å². The molecule has 154 valence electrons. The average molecular weight is 425 g/mol. The van der Waals surface area contributed by atoms with E-state index in [0.29, 0.717) is 28.7 Å². The number of carbonyl (C=O) groups excluding carboxylic acids is 1. The molecule has 0 bridgehead atoms. The first-order valence-electron chi connectivity index (χ1n) is 9.77. The predicted octanol–water partition coefficient (Wildman–Crippen LogP) is 2.54. The lowest BCUT2D eigenvalue weighted by atomic mass is 10.2. The number of hydrogen-bond acceptors (Lipinski definition) is 4. The van der Waals surface area contributed by atoms with Crippen LogP contribution in [0.1, 0.15) is 34.5 Å². The number of benzene rings is 2. The van der Waals surface area contributed by atoms with E-state index >= 15 is 0 Å². The number of aromatic nitrogens is 3. The largest absolute Gasteiger partial charge is 0.352 e. The molecule has 0 saturated heterocycles. The fraction of sp³-hybridized carbons (Fsp3) is 0.273. The van der Waals surface area contributed by atoms with Crippen LogP contribution in [0.25, 0.3) is 5.69 Å². The molecule has 7 nitrogen and oxygen atoms in total. The first kappa shape index (κ1) is 20.1. The van der Waals surface area contributed by atoms with Crippen LogP contribution in [0.4, 0.5) is 0 Å². The Morgan fingerprint density at radius 3 is 2.63 bits per heavy atom. The quantitative estimate of drug-likeness (QED) is 0.658. The Balaban J connectivity index is 1.84. The topological polar surface area (TPSA) is 86.0 Å². The van der Waals surface area contributed by atoms with Crippen molar-refractivity contribution in [2.45, 2.75) is 26.3 Å². The molecule has 1 fully saturated rings. The maximum absolute atomic E-state index is 13.2. The third kappa shape index (κ3) is 4.21. The molecule has 3 aromatic rings. The first-order chi connectivity index (χ1) is 14.4. The van der Waals surface area contributed by atoms with Crippen LogP contribution >= 0.6 is 11.6 Å². The van der Waals surface area contributed by atoms with E-state index in [1.807, 2.05) is 13.0 Å². The smallest absolute Gasteiger partial charge is 0.350 e. The van der Waals surface area contributed by atoms with E-state index in [-0.39, 0.29) is 12.2 Å². The molecule has 1 saturated carbocycles. The Bertz CT molecular complexity index is 1230. The van der Waals surface area contributed by atoms with Gasteiger partial charge in [0, 0.05) is 11.6 Å². The minimum Gasteiger partial charge on any atom is -0.350 e. The number of amides is 1. The number of rotatable bonds is 6. The standard InChI is InChI=1S/C22H21ClN4O3/c1-14-5-4-7-17(11-14)27-22(30)26(13-16-6-2-3-8-18(16)23)21(29)19(25-27)20(28)24-12-15-9-10-15/h2-8,11,15H,9-10,12-13H2,1H3,(H,24,28). The molecule has 1 aliphatic rings. The van der Waals surface area contributed by atoms with Crippen LogP contribution in [0, 0.1) is 12.8 Å². The van der Waals surface area contributed by atoms with E-state index in [9.17, 15) is 14.4 Å². The second-order valence-electron chi connectivity index (χ2n) is 7.52. The summed E-state index contributed by atoms with van der Waals surface area (Å²) >= 11 is 6.23. The van der Waals surface area contributed by atoms with Gasteiger partial charge in [0.2, 0.25) is 5.69 Å². The van der Waals surface area contributed by atoms with Gasteiger partial charge in [0.25, 0.3) is 11.5 Å². The summed E-state index contributed by atoms with van der Waals surface area (Å²) in [5.74, 6) is -0.136. The van der Waals surface area contributed by atoms with E-state index in [2.05, 4.69) is 10.4 Å². The van der Waals surface area contributed by atoms with Crippen LogP contribution < -0.4 is 16.6 Å². The molecular formula is C22H21ClN4O3. The van der Waals surface area contributed by atoms with Gasteiger partial charge in [0.1, 0.15) is 0 Å². The molecule has 1 heterocycles. The minimum absolute atomic E-state index is 0.0609. The van der Waals surface area contributed by atoms with Crippen molar-refractivity contribution in [3.63, 3.8) is 0 Å². The van der Waals surface area contributed by atoms with Gasteiger partial charge in [-0.15, -0.1) is 0 Å². The molecule has 1 N–H and O–H groups in total. The number of halogens is 1. The van der Waals surface area contributed by atoms with Gasteiger partial charge in [0.05, 0.1) is 12.2 Å². The molecule has 30 heavy (non-hydrogen) atoms. The highest BCUT2D eigenvalue weighted by atomic mass is 35.5. The third-order valence-electron chi connectivity index (χ3n) is 5.06. The highest BCUT2D eigenvalue weighted by Gasteiger charge is 2.25. The molecule has 1 aliphatic carbocycles. The Labute approximate surface area is 177 Å². The predicted molar refractivity (Wildman–Crippen MR) is 114 cm³/mol. The number of nitrogens with one attached hydrogen (secondary N) is 1. The number of aryl methyl sites for hydroxylation is 1. The van der Waals surface area contributed by atoms with Gasteiger partial charge >= 0.3 is 5.69 Å². The maximum Gasteiger partial charge on any atom is 0.352 e. The SMILES string of the molecule is Cc1cccc(-n2nc(C(=O)NCC3CC3)c(=O)n(Cc3ccccc3Cl)c2=O)c1. The second kappa shape index (κ2) is 8.28. The summed E-state index contributed by atoms with van der Waals surface area (Å²) in [6.07, 6.45) is 2.13. The zero-order valence-corrected chi connectivity index (χ0v) is 17.2. The van der Waals surface area contributed by atoms with Crippen LogP contribution in [-0.2, 0) is 6.54 Å². The molecule has 4 rings (SSSR count). The van der Waals surface area contributed by atoms with Gasteiger partial charge in [-0.1, -0.05) is 41.9 Å². The summed E-state index contributed by atoms with van der Waals surface area (Å²) < 4.78 is 2.10. The van der Waals surface area contributed by atoms with E-state index in [1.54, 1.807) is 42.5 Å². The Morgan fingerprint density at radius 1 is 1.17 bits per heavy atom. The summed E-state index contributed by atoms with van der Waals surface area (Å²) in [5.41, 5.74) is 0.309. The van der Waals surface area contributed by atoms with Crippen LogP contribution in [0.15, 0.2) is 58.1 Å². The van der Waals surface area contributed by atoms with E-state index < -0.39 is 17.2 Å². The molecule has 0 atom stereocenters. The molecule has 1 amide bonds. The van der Waals surface area contributed by atoms with Crippen LogP contribution in [0.3, 0.4) is 0 Å². The average Bonchev–Trinajstić information content (AvgIpc) is 3.55. The van der Waals surface area contributed by atoms with Crippen molar-refractivity contribution in [3.05, 3.63) is 91.2 Å². The fourth-order valence-corrected chi connectivity index (χ4v) is 3.36. The lowest BCUT2D eigenvalue weighted by molar-refractivity contribution is 0.0942. The van der Waals surface area contributed by atoms with Crippen molar-refractivity contribution in [1.29, 1.82) is 0 Å². The first-order valence-corrected chi connectivity index (χ1v) is 10.1. The van der Waals surface area contributed by atoms with Crippen molar-refractivity contribution in [2.75, 3.05) is 6.54 Å². The second-order valence-corrected chi connectivity index (χ2v) is 7.93. The number of hydrogen-bond donors (Lipinski definition) is 1. The van der Waals surface area contributed by atoms with Gasteiger partial charge in [0.15, 0.2) is 0 Å². The van der Waals surface area contributed by atoms with E-state index in [1.165, 1.54) is 0 Å². The Morgan fingerprint density at radius 2 is 1.93 bits per heavy atom. The molecule has 0 unspecified atom stereocenters. The highest BCUT2D eigenvalue weighted by Crippen LogP contribution is 2.27. The third-order valence-corrected chi connectivity index (χ3v) is 5.42. The minimum atomic E-state index is -0.739.